The molecule has 0 aliphatic rings. The first-order valence-corrected chi connectivity index (χ1v) is 6.52. The van der Waals surface area contributed by atoms with Gasteiger partial charge >= 0.3 is 0 Å². The van der Waals surface area contributed by atoms with Crippen molar-refractivity contribution in [2.45, 2.75) is 20.3 Å². The van der Waals surface area contributed by atoms with E-state index in [1.54, 1.807) is 6.92 Å². The van der Waals surface area contributed by atoms with Crippen molar-refractivity contribution in [3.05, 3.63) is 51.9 Å². The third kappa shape index (κ3) is 3.17. The average molecular weight is 297 g/mol. The summed E-state index contributed by atoms with van der Waals surface area (Å²) in [6.07, 6.45) is 0.491. The summed E-state index contributed by atoms with van der Waals surface area (Å²) in [5.74, 6) is 0.118. The molecule has 0 atom stereocenters. The molecule has 0 saturated carbocycles. The smallest absolute Gasteiger partial charge is 0.255 e. The molecule has 1 heterocycles. The van der Waals surface area contributed by atoms with Crippen molar-refractivity contribution in [1.82, 2.24) is 10.3 Å². The molecule has 1 aromatic heterocycles. The molecule has 1 amide bonds. The zero-order chi connectivity index (χ0) is 14.7. The Labute approximate surface area is 121 Å². The summed E-state index contributed by atoms with van der Waals surface area (Å²) in [4.78, 5) is 16.0. The zero-order valence-electron chi connectivity index (χ0n) is 11.2. The molecule has 0 unspecified atom stereocenters. The number of aryl methyl sites for hydroxylation is 2. The SMILES string of the molecule is Cc1nc(C)c(CCNC(=O)c2c(F)cccc2Cl)o1. The monoisotopic (exact) mass is 296 g/mol. The highest BCUT2D eigenvalue weighted by atomic mass is 35.5. The van der Waals surface area contributed by atoms with Crippen molar-refractivity contribution in [3.63, 3.8) is 0 Å². The number of benzene rings is 1. The maximum atomic E-state index is 13.5. The lowest BCUT2D eigenvalue weighted by Crippen LogP contribution is -2.27. The Balaban J connectivity index is 1.98. The molecule has 0 fully saturated rings. The maximum Gasteiger partial charge on any atom is 0.255 e. The molecule has 0 aliphatic heterocycles. The molecule has 1 aromatic carbocycles. The highest BCUT2D eigenvalue weighted by Crippen LogP contribution is 2.18. The highest BCUT2D eigenvalue weighted by Gasteiger charge is 2.15. The summed E-state index contributed by atoms with van der Waals surface area (Å²) >= 11 is 5.82. The molecule has 0 spiro atoms. The lowest BCUT2D eigenvalue weighted by molar-refractivity contribution is 0.0950. The van der Waals surface area contributed by atoms with Gasteiger partial charge in [-0.1, -0.05) is 17.7 Å². The zero-order valence-corrected chi connectivity index (χ0v) is 11.9. The van der Waals surface area contributed by atoms with Crippen molar-refractivity contribution in [2.24, 2.45) is 0 Å². The second kappa shape index (κ2) is 6.05. The van der Waals surface area contributed by atoms with E-state index in [2.05, 4.69) is 10.3 Å². The number of rotatable bonds is 4. The first kappa shape index (κ1) is 14.5. The van der Waals surface area contributed by atoms with E-state index in [0.717, 1.165) is 5.69 Å². The number of hydrogen-bond donors (Lipinski definition) is 1. The standard InChI is InChI=1S/C14H14ClFN2O2/c1-8-12(20-9(2)18-8)6-7-17-14(19)13-10(15)4-3-5-11(13)16/h3-5H,6-7H2,1-2H3,(H,17,19). The van der Waals surface area contributed by atoms with Gasteiger partial charge in [0.25, 0.3) is 5.91 Å². The number of carbonyl (C=O) groups is 1. The van der Waals surface area contributed by atoms with Gasteiger partial charge in [0.15, 0.2) is 5.89 Å². The van der Waals surface area contributed by atoms with Gasteiger partial charge in [-0.25, -0.2) is 9.37 Å². The van der Waals surface area contributed by atoms with Crippen molar-refractivity contribution >= 4 is 17.5 Å². The number of amides is 1. The van der Waals surface area contributed by atoms with Crippen LogP contribution in [0, 0.1) is 19.7 Å². The Bertz CT molecular complexity index is 620. The number of nitrogens with zero attached hydrogens (tertiary/aromatic N) is 1. The van der Waals surface area contributed by atoms with E-state index in [1.807, 2.05) is 6.92 Å². The van der Waals surface area contributed by atoms with E-state index in [-0.39, 0.29) is 10.6 Å². The van der Waals surface area contributed by atoms with Gasteiger partial charge in [-0.05, 0) is 19.1 Å². The second-order valence-corrected chi connectivity index (χ2v) is 4.75. The van der Waals surface area contributed by atoms with Crippen LogP contribution in [-0.4, -0.2) is 17.4 Å². The van der Waals surface area contributed by atoms with Gasteiger partial charge in [0, 0.05) is 19.9 Å². The van der Waals surface area contributed by atoms with Crippen LogP contribution in [0.5, 0.6) is 0 Å². The predicted molar refractivity (Wildman–Crippen MR) is 73.4 cm³/mol. The average Bonchev–Trinajstić information content (AvgIpc) is 2.68. The van der Waals surface area contributed by atoms with Crippen molar-refractivity contribution in [2.75, 3.05) is 6.54 Å². The van der Waals surface area contributed by atoms with Gasteiger partial charge < -0.3 is 9.73 Å². The molecule has 20 heavy (non-hydrogen) atoms. The molecule has 0 radical (unpaired) electrons. The molecule has 0 aliphatic carbocycles. The van der Waals surface area contributed by atoms with E-state index in [4.69, 9.17) is 16.0 Å². The van der Waals surface area contributed by atoms with Crippen LogP contribution in [0.2, 0.25) is 5.02 Å². The Morgan fingerprint density at radius 1 is 1.45 bits per heavy atom. The van der Waals surface area contributed by atoms with Crippen LogP contribution < -0.4 is 5.32 Å². The van der Waals surface area contributed by atoms with E-state index in [1.165, 1.54) is 18.2 Å². The van der Waals surface area contributed by atoms with Crippen LogP contribution in [0.25, 0.3) is 0 Å². The van der Waals surface area contributed by atoms with Gasteiger partial charge in [-0.2, -0.15) is 0 Å². The second-order valence-electron chi connectivity index (χ2n) is 4.34. The summed E-state index contributed by atoms with van der Waals surface area (Å²) in [5.41, 5.74) is 0.653. The van der Waals surface area contributed by atoms with E-state index < -0.39 is 11.7 Å². The number of carbonyl (C=O) groups excluding carboxylic acids is 1. The van der Waals surface area contributed by atoms with Crippen LogP contribution in [0.3, 0.4) is 0 Å². The fraction of sp³-hybridized carbons (Fsp3) is 0.286. The Kier molecular flexibility index (Phi) is 4.39. The van der Waals surface area contributed by atoms with Crippen LogP contribution >= 0.6 is 11.6 Å². The van der Waals surface area contributed by atoms with Crippen molar-refractivity contribution < 1.29 is 13.6 Å². The van der Waals surface area contributed by atoms with Gasteiger partial charge in [-0.15, -0.1) is 0 Å². The Hall–Kier alpha value is -1.88. The first-order valence-electron chi connectivity index (χ1n) is 6.14. The Morgan fingerprint density at radius 3 is 2.80 bits per heavy atom. The van der Waals surface area contributed by atoms with Gasteiger partial charge in [-0.3, -0.25) is 4.79 Å². The van der Waals surface area contributed by atoms with Gasteiger partial charge in [0.2, 0.25) is 0 Å². The summed E-state index contributed by atoms with van der Waals surface area (Å²) in [6, 6.07) is 4.13. The molecule has 2 rings (SSSR count). The molecular formula is C14H14ClFN2O2. The lowest BCUT2D eigenvalue weighted by Gasteiger charge is -2.07. The Morgan fingerprint density at radius 2 is 2.20 bits per heavy atom. The molecule has 106 valence electrons. The number of nitrogens with one attached hydrogen (secondary N) is 1. The molecule has 2 aromatic rings. The lowest BCUT2D eigenvalue weighted by atomic mass is 10.2. The number of hydrogen-bond acceptors (Lipinski definition) is 3. The molecule has 6 heteroatoms. The molecule has 0 saturated heterocycles. The molecular weight excluding hydrogens is 283 g/mol. The number of oxazole rings is 1. The van der Waals surface area contributed by atoms with Crippen LogP contribution in [0.15, 0.2) is 22.6 Å². The first-order chi connectivity index (χ1) is 9.49. The van der Waals surface area contributed by atoms with Crippen LogP contribution in [-0.2, 0) is 6.42 Å². The molecule has 0 bridgehead atoms. The fourth-order valence-corrected chi connectivity index (χ4v) is 2.15. The van der Waals surface area contributed by atoms with E-state index in [0.29, 0.717) is 24.6 Å². The predicted octanol–water partition coefficient (Wildman–Crippen LogP) is 3.06. The van der Waals surface area contributed by atoms with E-state index in [9.17, 15) is 9.18 Å². The van der Waals surface area contributed by atoms with E-state index >= 15 is 0 Å². The minimum absolute atomic E-state index is 0.0918. The summed E-state index contributed by atoms with van der Waals surface area (Å²) in [6.45, 7) is 3.91. The van der Waals surface area contributed by atoms with Crippen LogP contribution in [0.1, 0.15) is 27.7 Å². The largest absolute Gasteiger partial charge is 0.446 e. The van der Waals surface area contributed by atoms with Crippen molar-refractivity contribution in [3.8, 4) is 0 Å². The molecule has 1 N–H and O–H groups in total. The minimum Gasteiger partial charge on any atom is -0.446 e. The summed E-state index contributed by atoms with van der Waals surface area (Å²) in [7, 11) is 0. The minimum atomic E-state index is -0.637. The summed E-state index contributed by atoms with van der Waals surface area (Å²) in [5, 5.41) is 2.71. The highest BCUT2D eigenvalue weighted by molar-refractivity contribution is 6.33. The van der Waals surface area contributed by atoms with Crippen LogP contribution in [0.4, 0.5) is 4.39 Å². The number of halogens is 2. The number of aromatic nitrogens is 1. The maximum absolute atomic E-state index is 13.5. The summed E-state index contributed by atoms with van der Waals surface area (Å²) < 4.78 is 18.9. The third-order valence-electron chi connectivity index (χ3n) is 2.83. The molecule has 4 nitrogen and oxygen atoms in total. The third-order valence-corrected chi connectivity index (χ3v) is 3.14. The fourth-order valence-electron chi connectivity index (χ4n) is 1.90. The van der Waals surface area contributed by atoms with Crippen molar-refractivity contribution in [1.29, 1.82) is 0 Å². The quantitative estimate of drug-likeness (QED) is 0.943. The topological polar surface area (TPSA) is 55.1 Å². The van der Waals surface area contributed by atoms with Gasteiger partial charge in [0.1, 0.15) is 11.6 Å². The normalized spacial score (nSPS) is 10.6. The van der Waals surface area contributed by atoms with Gasteiger partial charge in [0.05, 0.1) is 16.3 Å².